The Morgan fingerprint density at radius 3 is 2.23 bits per heavy atom. The molecule has 0 amide bonds. The van der Waals surface area contributed by atoms with Crippen molar-refractivity contribution in [1.82, 2.24) is 0 Å². The highest BCUT2D eigenvalue weighted by molar-refractivity contribution is 8.05. The molecular formula is C23H14O2S. The Hall–Kier alpha value is -3.04. The molecule has 4 aromatic carbocycles. The molecule has 0 saturated carbocycles. The zero-order valence-electron chi connectivity index (χ0n) is 13.8. The topological polar surface area (TPSA) is 37.3 Å². The maximum absolute atomic E-state index is 13.1. The Morgan fingerprint density at radius 1 is 0.769 bits per heavy atom. The van der Waals surface area contributed by atoms with Crippen molar-refractivity contribution in [2.45, 2.75) is 4.90 Å². The number of allylic oxidation sites excluding steroid dienone is 1. The molecule has 2 nitrogen and oxygen atoms in total. The number of hydrogen-bond acceptors (Lipinski definition) is 3. The summed E-state index contributed by atoms with van der Waals surface area (Å²) in [4.78, 5) is 14.7. The first-order valence-electron chi connectivity index (χ1n) is 8.39. The fourth-order valence-electron chi connectivity index (χ4n) is 3.52. The fourth-order valence-corrected chi connectivity index (χ4v) is 4.57. The van der Waals surface area contributed by atoms with Gasteiger partial charge in [0.1, 0.15) is 5.75 Å². The molecule has 0 bridgehead atoms. The Morgan fingerprint density at radius 2 is 1.42 bits per heavy atom. The summed E-state index contributed by atoms with van der Waals surface area (Å²) in [6.07, 6.45) is 1.82. The number of carbonyl (C=O) groups is 1. The van der Waals surface area contributed by atoms with Gasteiger partial charge in [-0.25, -0.2) is 0 Å². The summed E-state index contributed by atoms with van der Waals surface area (Å²) in [6.45, 7) is 0. The average Bonchev–Trinajstić information content (AvgIpc) is 3.00. The maximum Gasteiger partial charge on any atom is 0.201 e. The molecule has 5 rings (SSSR count). The van der Waals surface area contributed by atoms with Gasteiger partial charge in [-0.1, -0.05) is 72.4 Å². The van der Waals surface area contributed by atoms with Gasteiger partial charge in [-0.3, -0.25) is 4.79 Å². The van der Waals surface area contributed by atoms with E-state index in [0.29, 0.717) is 10.5 Å². The van der Waals surface area contributed by atoms with E-state index in [4.69, 9.17) is 0 Å². The van der Waals surface area contributed by atoms with E-state index in [9.17, 15) is 9.90 Å². The Kier molecular flexibility index (Phi) is 3.37. The highest BCUT2D eigenvalue weighted by Gasteiger charge is 2.28. The maximum atomic E-state index is 13.1. The zero-order valence-corrected chi connectivity index (χ0v) is 14.6. The molecule has 0 radical (unpaired) electrons. The van der Waals surface area contributed by atoms with Crippen LogP contribution in [-0.4, -0.2) is 10.9 Å². The largest absolute Gasteiger partial charge is 0.507 e. The predicted molar refractivity (Wildman–Crippen MR) is 108 cm³/mol. The number of Topliss-reactive ketones (excluding diaryl/α,β-unsaturated/α-hetero) is 1. The van der Waals surface area contributed by atoms with Gasteiger partial charge in [0.15, 0.2) is 0 Å². The van der Waals surface area contributed by atoms with Gasteiger partial charge in [-0.2, -0.15) is 0 Å². The minimum Gasteiger partial charge on any atom is -0.507 e. The Labute approximate surface area is 154 Å². The third-order valence-electron chi connectivity index (χ3n) is 4.78. The van der Waals surface area contributed by atoms with Gasteiger partial charge in [0.25, 0.3) is 0 Å². The van der Waals surface area contributed by atoms with Crippen LogP contribution in [0.5, 0.6) is 5.75 Å². The van der Waals surface area contributed by atoms with Crippen molar-refractivity contribution in [1.29, 1.82) is 0 Å². The first-order chi connectivity index (χ1) is 12.7. The number of phenolic OH excluding ortho intramolecular Hbond substituents is 1. The smallest absolute Gasteiger partial charge is 0.201 e. The molecule has 1 heterocycles. The van der Waals surface area contributed by atoms with E-state index in [1.54, 1.807) is 6.07 Å². The van der Waals surface area contributed by atoms with Crippen LogP contribution < -0.4 is 0 Å². The minimum absolute atomic E-state index is 0.0223. The van der Waals surface area contributed by atoms with Crippen molar-refractivity contribution < 1.29 is 9.90 Å². The van der Waals surface area contributed by atoms with Crippen molar-refractivity contribution in [2.75, 3.05) is 0 Å². The van der Waals surface area contributed by atoms with Crippen LogP contribution in [0.15, 0.2) is 82.6 Å². The normalized spacial score (nSPS) is 15.1. The standard InChI is InChI=1S/C23H14O2S/c24-19-11-9-14-5-1-3-7-16(14)18(19)13-21-23(25)22-17-8-4-2-6-15(17)10-12-20(22)26-21/h1-13,24H. The third kappa shape index (κ3) is 2.25. The molecule has 4 aromatic rings. The van der Waals surface area contributed by atoms with E-state index in [1.165, 1.54) is 11.8 Å². The number of aromatic hydroxyl groups is 1. The lowest BCUT2D eigenvalue weighted by Crippen LogP contribution is -1.96. The lowest BCUT2D eigenvalue weighted by atomic mass is 9.99. The molecule has 26 heavy (non-hydrogen) atoms. The van der Waals surface area contributed by atoms with Crippen LogP contribution in [0.25, 0.3) is 27.6 Å². The van der Waals surface area contributed by atoms with E-state index in [0.717, 1.165) is 32.0 Å². The summed E-state index contributed by atoms with van der Waals surface area (Å²) < 4.78 is 0. The van der Waals surface area contributed by atoms with Crippen LogP contribution in [0.1, 0.15) is 15.9 Å². The Balaban J connectivity index is 1.70. The van der Waals surface area contributed by atoms with Gasteiger partial charge < -0.3 is 5.11 Å². The summed E-state index contributed by atoms with van der Waals surface area (Å²) >= 11 is 1.47. The second kappa shape index (κ2) is 5.75. The molecule has 0 fully saturated rings. The number of hydrogen-bond donors (Lipinski definition) is 1. The molecule has 0 unspecified atom stereocenters. The van der Waals surface area contributed by atoms with Crippen LogP contribution in [-0.2, 0) is 0 Å². The lowest BCUT2D eigenvalue weighted by molar-refractivity contribution is 0.104. The van der Waals surface area contributed by atoms with Crippen LogP contribution in [0, 0.1) is 0 Å². The van der Waals surface area contributed by atoms with E-state index >= 15 is 0 Å². The molecule has 0 aromatic heterocycles. The highest BCUT2D eigenvalue weighted by Crippen LogP contribution is 2.45. The second-order valence-corrected chi connectivity index (χ2v) is 7.40. The second-order valence-electron chi connectivity index (χ2n) is 6.32. The monoisotopic (exact) mass is 354 g/mol. The van der Waals surface area contributed by atoms with Gasteiger partial charge in [0, 0.05) is 16.0 Å². The molecule has 124 valence electrons. The number of thioether (sulfide) groups is 1. The van der Waals surface area contributed by atoms with E-state index in [-0.39, 0.29) is 11.5 Å². The van der Waals surface area contributed by atoms with Crippen LogP contribution in [0.4, 0.5) is 0 Å². The first kappa shape index (κ1) is 15.2. The third-order valence-corrected chi connectivity index (χ3v) is 5.87. The molecule has 3 heteroatoms. The van der Waals surface area contributed by atoms with Crippen molar-refractivity contribution in [2.24, 2.45) is 0 Å². The molecular weight excluding hydrogens is 340 g/mol. The summed E-state index contributed by atoms with van der Waals surface area (Å²) in [5, 5.41) is 14.4. The molecule has 0 saturated heterocycles. The van der Waals surface area contributed by atoms with Crippen molar-refractivity contribution in [3.05, 3.63) is 88.8 Å². The van der Waals surface area contributed by atoms with Crippen LogP contribution >= 0.6 is 11.8 Å². The number of fused-ring (bicyclic) bond motifs is 4. The van der Waals surface area contributed by atoms with Crippen LogP contribution in [0.3, 0.4) is 0 Å². The van der Waals surface area contributed by atoms with Crippen LogP contribution in [0.2, 0.25) is 0 Å². The highest BCUT2D eigenvalue weighted by atomic mass is 32.2. The number of phenols is 1. The number of rotatable bonds is 1. The van der Waals surface area contributed by atoms with Crippen molar-refractivity contribution in [3.8, 4) is 5.75 Å². The quantitative estimate of drug-likeness (QED) is 0.424. The van der Waals surface area contributed by atoms with E-state index < -0.39 is 0 Å². The summed E-state index contributed by atoms with van der Waals surface area (Å²) in [7, 11) is 0. The lowest BCUT2D eigenvalue weighted by Gasteiger charge is -2.06. The first-order valence-corrected chi connectivity index (χ1v) is 9.21. The number of ketones is 1. The van der Waals surface area contributed by atoms with Gasteiger partial charge >= 0.3 is 0 Å². The predicted octanol–water partition coefficient (Wildman–Crippen LogP) is 6.03. The summed E-state index contributed by atoms with van der Waals surface area (Å²) in [6, 6.07) is 23.4. The summed E-state index contributed by atoms with van der Waals surface area (Å²) in [5.41, 5.74) is 1.45. The molecule has 0 atom stereocenters. The van der Waals surface area contributed by atoms with Crippen molar-refractivity contribution in [3.63, 3.8) is 0 Å². The number of benzene rings is 4. The SMILES string of the molecule is O=C1C(=Cc2c(O)ccc3ccccc23)Sc2ccc3ccccc3c21. The van der Waals surface area contributed by atoms with Gasteiger partial charge in [-0.05, 0) is 39.8 Å². The molecule has 0 spiro atoms. The fraction of sp³-hybridized carbons (Fsp3) is 0. The Bertz CT molecular complexity index is 1240. The molecule has 1 N–H and O–H groups in total. The average molecular weight is 354 g/mol. The minimum atomic E-state index is 0.0223. The van der Waals surface area contributed by atoms with Gasteiger partial charge in [0.05, 0.1) is 4.91 Å². The van der Waals surface area contributed by atoms with E-state index in [1.807, 2.05) is 72.8 Å². The number of carbonyl (C=O) groups excluding carboxylic acids is 1. The van der Waals surface area contributed by atoms with Crippen molar-refractivity contribution >= 4 is 45.2 Å². The van der Waals surface area contributed by atoms with Gasteiger partial charge in [-0.15, -0.1) is 0 Å². The summed E-state index contributed by atoms with van der Waals surface area (Å²) in [5.74, 6) is 0.208. The van der Waals surface area contributed by atoms with Gasteiger partial charge in [0.2, 0.25) is 5.78 Å². The molecule has 1 aliphatic heterocycles. The molecule has 1 aliphatic rings. The van der Waals surface area contributed by atoms with E-state index in [2.05, 4.69) is 0 Å². The zero-order chi connectivity index (χ0) is 17.7. The molecule has 0 aliphatic carbocycles.